The van der Waals surface area contributed by atoms with Gasteiger partial charge in [-0.2, -0.15) is 5.10 Å². The van der Waals surface area contributed by atoms with Crippen molar-refractivity contribution in [3.63, 3.8) is 0 Å². The van der Waals surface area contributed by atoms with Gasteiger partial charge in [0, 0.05) is 21.8 Å². The minimum Gasteiger partial charge on any atom is -0.324 e. The Morgan fingerprint density at radius 2 is 1.88 bits per heavy atom. The second-order valence-electron chi connectivity index (χ2n) is 5.73. The first kappa shape index (κ1) is 18.0. The molecular weight excluding hydrogens is 401 g/mol. The Kier molecular flexibility index (Phi) is 5.27. The summed E-state index contributed by atoms with van der Waals surface area (Å²) in [4.78, 5) is 24.3. The molecule has 0 aliphatic heterocycles. The van der Waals surface area contributed by atoms with Gasteiger partial charge in [0.25, 0.3) is 5.56 Å². The second-order valence-corrected chi connectivity index (χ2v) is 6.64. The molecule has 132 valence electrons. The molecule has 0 aliphatic rings. The van der Waals surface area contributed by atoms with Gasteiger partial charge >= 0.3 is 0 Å². The van der Waals surface area contributed by atoms with Gasteiger partial charge in [-0.05, 0) is 61.0 Å². The molecule has 0 unspecified atom stereocenters. The maximum absolute atomic E-state index is 13.1. The molecular formula is C19H15BrFN3O2. The number of amides is 1. The van der Waals surface area contributed by atoms with Crippen molar-refractivity contribution in [1.82, 2.24) is 9.78 Å². The lowest BCUT2D eigenvalue weighted by Gasteiger charge is -2.10. The first-order valence-corrected chi connectivity index (χ1v) is 8.62. The van der Waals surface area contributed by atoms with E-state index in [0.717, 1.165) is 14.7 Å². The number of rotatable bonds is 4. The quantitative estimate of drug-likeness (QED) is 0.705. The molecule has 0 radical (unpaired) electrons. The van der Waals surface area contributed by atoms with Crippen LogP contribution in [0.5, 0.6) is 0 Å². The van der Waals surface area contributed by atoms with Crippen LogP contribution in [0.2, 0.25) is 0 Å². The van der Waals surface area contributed by atoms with E-state index < -0.39 is 5.56 Å². The number of carbonyl (C=O) groups is 1. The summed E-state index contributed by atoms with van der Waals surface area (Å²) in [7, 11) is 0. The van der Waals surface area contributed by atoms with E-state index in [2.05, 4.69) is 26.3 Å². The highest BCUT2D eigenvalue weighted by atomic mass is 79.9. The summed E-state index contributed by atoms with van der Waals surface area (Å²) < 4.78 is 15.1. The Morgan fingerprint density at radius 1 is 1.15 bits per heavy atom. The van der Waals surface area contributed by atoms with Gasteiger partial charge in [0.1, 0.15) is 12.4 Å². The monoisotopic (exact) mass is 415 g/mol. The van der Waals surface area contributed by atoms with Gasteiger partial charge < -0.3 is 5.32 Å². The van der Waals surface area contributed by atoms with Crippen LogP contribution >= 0.6 is 15.9 Å². The van der Waals surface area contributed by atoms with E-state index in [0.29, 0.717) is 16.9 Å². The standard InChI is InChI=1S/C19H15BrFN3O2/c1-12-10-14(20)4-7-16(12)22-18(25)11-24-19(26)9-8-17(23-24)13-2-5-15(21)6-3-13/h2-10H,11H2,1H3,(H,22,25). The molecule has 0 saturated carbocycles. The summed E-state index contributed by atoms with van der Waals surface area (Å²) >= 11 is 3.37. The lowest BCUT2D eigenvalue weighted by atomic mass is 10.1. The number of hydrogen-bond acceptors (Lipinski definition) is 3. The Labute approximate surface area is 157 Å². The van der Waals surface area contributed by atoms with E-state index in [-0.39, 0.29) is 18.3 Å². The van der Waals surface area contributed by atoms with Crippen LogP contribution < -0.4 is 10.9 Å². The molecule has 0 bridgehead atoms. The van der Waals surface area contributed by atoms with Crippen molar-refractivity contribution < 1.29 is 9.18 Å². The maximum Gasteiger partial charge on any atom is 0.267 e. The van der Waals surface area contributed by atoms with Crippen LogP contribution in [-0.4, -0.2) is 15.7 Å². The highest BCUT2D eigenvalue weighted by Gasteiger charge is 2.10. The maximum atomic E-state index is 13.1. The summed E-state index contributed by atoms with van der Waals surface area (Å²) in [6.45, 7) is 1.66. The number of nitrogens with zero attached hydrogens (tertiary/aromatic N) is 2. The highest BCUT2D eigenvalue weighted by molar-refractivity contribution is 9.10. The lowest BCUT2D eigenvalue weighted by molar-refractivity contribution is -0.117. The van der Waals surface area contributed by atoms with Gasteiger partial charge in [-0.1, -0.05) is 15.9 Å². The van der Waals surface area contributed by atoms with Crippen LogP contribution in [0.15, 0.2) is 63.9 Å². The molecule has 0 atom stereocenters. The van der Waals surface area contributed by atoms with E-state index in [1.54, 1.807) is 24.3 Å². The third-order valence-corrected chi connectivity index (χ3v) is 4.26. The molecule has 3 rings (SSSR count). The van der Waals surface area contributed by atoms with Crippen molar-refractivity contribution in [2.75, 3.05) is 5.32 Å². The van der Waals surface area contributed by atoms with Crippen LogP contribution in [-0.2, 0) is 11.3 Å². The van der Waals surface area contributed by atoms with E-state index >= 15 is 0 Å². The summed E-state index contributed by atoms with van der Waals surface area (Å²) in [6, 6.07) is 14.1. The third-order valence-electron chi connectivity index (χ3n) is 3.76. The summed E-state index contributed by atoms with van der Waals surface area (Å²) in [5, 5.41) is 6.97. The van der Waals surface area contributed by atoms with Crippen molar-refractivity contribution >= 4 is 27.5 Å². The Balaban J connectivity index is 1.80. The van der Waals surface area contributed by atoms with E-state index in [4.69, 9.17) is 0 Å². The van der Waals surface area contributed by atoms with Gasteiger partial charge in [0.2, 0.25) is 5.91 Å². The Morgan fingerprint density at radius 3 is 2.58 bits per heavy atom. The van der Waals surface area contributed by atoms with E-state index in [1.807, 2.05) is 19.1 Å². The van der Waals surface area contributed by atoms with Gasteiger partial charge in [-0.25, -0.2) is 9.07 Å². The number of nitrogens with one attached hydrogen (secondary N) is 1. The number of carbonyl (C=O) groups excluding carboxylic acids is 1. The molecule has 1 amide bonds. The number of aromatic nitrogens is 2. The normalized spacial score (nSPS) is 10.6. The van der Waals surface area contributed by atoms with E-state index in [1.165, 1.54) is 18.2 Å². The molecule has 5 nitrogen and oxygen atoms in total. The minimum absolute atomic E-state index is 0.219. The molecule has 0 saturated heterocycles. The van der Waals surface area contributed by atoms with Gasteiger partial charge in [0.15, 0.2) is 0 Å². The Hall–Kier alpha value is -2.80. The third kappa shape index (κ3) is 4.23. The van der Waals surface area contributed by atoms with Crippen molar-refractivity contribution in [3.05, 3.63) is 80.8 Å². The number of aryl methyl sites for hydroxylation is 1. The molecule has 0 aliphatic carbocycles. The first-order chi connectivity index (χ1) is 12.4. The smallest absolute Gasteiger partial charge is 0.267 e. The second kappa shape index (κ2) is 7.61. The molecule has 2 aromatic carbocycles. The van der Waals surface area contributed by atoms with Crippen molar-refractivity contribution in [3.8, 4) is 11.3 Å². The fourth-order valence-electron chi connectivity index (χ4n) is 2.43. The predicted molar refractivity (Wildman–Crippen MR) is 101 cm³/mol. The fraction of sp³-hybridized carbons (Fsp3) is 0.105. The van der Waals surface area contributed by atoms with Gasteiger partial charge in [0.05, 0.1) is 5.69 Å². The SMILES string of the molecule is Cc1cc(Br)ccc1NC(=O)Cn1nc(-c2ccc(F)cc2)ccc1=O. The average Bonchev–Trinajstić information content (AvgIpc) is 2.60. The zero-order valence-electron chi connectivity index (χ0n) is 13.9. The molecule has 1 aromatic heterocycles. The molecule has 1 N–H and O–H groups in total. The van der Waals surface area contributed by atoms with Crippen LogP contribution in [0.4, 0.5) is 10.1 Å². The summed E-state index contributed by atoms with van der Waals surface area (Å²) in [5.74, 6) is -0.715. The Bertz CT molecular complexity index is 1020. The van der Waals surface area contributed by atoms with Crippen LogP contribution in [0.25, 0.3) is 11.3 Å². The highest BCUT2D eigenvalue weighted by Crippen LogP contribution is 2.20. The fourth-order valence-corrected chi connectivity index (χ4v) is 2.91. The summed E-state index contributed by atoms with van der Waals surface area (Å²) in [6.07, 6.45) is 0. The van der Waals surface area contributed by atoms with Gasteiger partial charge in [-0.15, -0.1) is 0 Å². The lowest BCUT2D eigenvalue weighted by Crippen LogP contribution is -2.29. The van der Waals surface area contributed by atoms with Gasteiger partial charge in [-0.3, -0.25) is 9.59 Å². The van der Waals surface area contributed by atoms with Crippen molar-refractivity contribution in [1.29, 1.82) is 0 Å². The molecule has 0 fully saturated rings. The van der Waals surface area contributed by atoms with Crippen LogP contribution in [0.1, 0.15) is 5.56 Å². The zero-order valence-corrected chi connectivity index (χ0v) is 15.5. The first-order valence-electron chi connectivity index (χ1n) is 7.82. The molecule has 26 heavy (non-hydrogen) atoms. The molecule has 0 spiro atoms. The number of benzene rings is 2. The molecule has 1 heterocycles. The predicted octanol–water partition coefficient (Wildman–Crippen LogP) is 3.76. The average molecular weight is 416 g/mol. The number of halogens is 2. The zero-order chi connectivity index (χ0) is 18.7. The largest absolute Gasteiger partial charge is 0.324 e. The van der Waals surface area contributed by atoms with Crippen molar-refractivity contribution in [2.24, 2.45) is 0 Å². The number of anilines is 1. The van der Waals surface area contributed by atoms with Crippen molar-refractivity contribution in [2.45, 2.75) is 13.5 Å². The van der Waals surface area contributed by atoms with Crippen LogP contribution in [0.3, 0.4) is 0 Å². The van der Waals surface area contributed by atoms with Crippen LogP contribution in [0, 0.1) is 12.7 Å². The summed E-state index contributed by atoms with van der Waals surface area (Å²) in [5.41, 5.74) is 2.31. The van der Waals surface area contributed by atoms with E-state index in [9.17, 15) is 14.0 Å². The molecule has 3 aromatic rings. The minimum atomic E-state index is -0.390. The molecule has 7 heteroatoms. The number of hydrogen-bond donors (Lipinski definition) is 1. The topological polar surface area (TPSA) is 64.0 Å².